The number of ether oxygens (including phenoxy) is 1. The summed E-state index contributed by atoms with van der Waals surface area (Å²) in [5.41, 5.74) is 2.19. The molecule has 0 atom stereocenters. The first-order valence-electron chi connectivity index (χ1n) is 7.18. The first-order chi connectivity index (χ1) is 10.5. The van der Waals surface area contributed by atoms with E-state index in [4.69, 9.17) is 4.74 Å². The van der Waals surface area contributed by atoms with Gasteiger partial charge in [0.25, 0.3) is 5.56 Å². The van der Waals surface area contributed by atoms with Gasteiger partial charge in [0, 0.05) is 12.1 Å². The lowest BCUT2D eigenvalue weighted by Crippen LogP contribution is -2.28. The van der Waals surface area contributed by atoms with E-state index in [0.29, 0.717) is 18.5 Å². The molecule has 1 aromatic heterocycles. The lowest BCUT2D eigenvalue weighted by atomic mass is 10.1. The van der Waals surface area contributed by atoms with E-state index in [9.17, 15) is 9.59 Å². The number of nitrogens with zero attached hydrogens (tertiary/aromatic N) is 2. The van der Waals surface area contributed by atoms with Gasteiger partial charge in [-0.1, -0.05) is 13.8 Å². The van der Waals surface area contributed by atoms with Crippen molar-refractivity contribution in [2.75, 3.05) is 7.11 Å². The number of rotatable bonds is 5. The highest BCUT2D eigenvalue weighted by molar-refractivity contribution is 5.77. The van der Waals surface area contributed by atoms with E-state index in [1.165, 1.54) is 10.7 Å². The molecule has 5 nitrogen and oxygen atoms in total. The van der Waals surface area contributed by atoms with Crippen LogP contribution in [0.25, 0.3) is 11.3 Å². The van der Waals surface area contributed by atoms with E-state index in [-0.39, 0.29) is 17.0 Å². The number of benzene rings is 1. The van der Waals surface area contributed by atoms with Crippen LogP contribution in [0.5, 0.6) is 5.75 Å². The van der Waals surface area contributed by atoms with Gasteiger partial charge in [-0.05, 0) is 42.7 Å². The normalized spacial score (nSPS) is 10.8. The molecule has 1 aromatic carbocycles. The Hall–Kier alpha value is -2.43. The van der Waals surface area contributed by atoms with Gasteiger partial charge in [-0.25, -0.2) is 4.68 Å². The first-order valence-corrected chi connectivity index (χ1v) is 7.18. The Morgan fingerprint density at radius 1 is 1.32 bits per heavy atom. The minimum atomic E-state index is -0.349. The minimum Gasteiger partial charge on any atom is -0.496 e. The lowest BCUT2D eigenvalue weighted by molar-refractivity contribution is 0.112. The van der Waals surface area contributed by atoms with Crippen molar-refractivity contribution in [3.8, 4) is 17.0 Å². The van der Waals surface area contributed by atoms with E-state index in [0.717, 1.165) is 16.9 Å². The Morgan fingerprint density at radius 2 is 2.05 bits per heavy atom. The molecule has 0 spiro atoms. The number of methoxy groups -OCH3 is 1. The van der Waals surface area contributed by atoms with Gasteiger partial charge in [0.15, 0.2) is 6.29 Å². The van der Waals surface area contributed by atoms with Crippen LogP contribution in [0, 0.1) is 12.8 Å². The predicted molar refractivity (Wildman–Crippen MR) is 85.4 cm³/mol. The topological polar surface area (TPSA) is 61.2 Å². The van der Waals surface area contributed by atoms with Gasteiger partial charge < -0.3 is 4.74 Å². The van der Waals surface area contributed by atoms with Crippen molar-refractivity contribution in [1.82, 2.24) is 9.78 Å². The van der Waals surface area contributed by atoms with Crippen molar-refractivity contribution >= 4 is 6.29 Å². The van der Waals surface area contributed by atoms with Crippen molar-refractivity contribution in [2.45, 2.75) is 27.3 Å². The summed E-state index contributed by atoms with van der Waals surface area (Å²) in [7, 11) is 1.62. The molecule has 2 rings (SSSR count). The van der Waals surface area contributed by atoms with Crippen LogP contribution in [-0.4, -0.2) is 23.2 Å². The van der Waals surface area contributed by atoms with Gasteiger partial charge in [0.2, 0.25) is 0 Å². The van der Waals surface area contributed by atoms with E-state index >= 15 is 0 Å². The fraction of sp³-hybridized carbons (Fsp3) is 0.353. The van der Waals surface area contributed by atoms with E-state index in [1.54, 1.807) is 7.11 Å². The second-order valence-corrected chi connectivity index (χ2v) is 5.67. The summed E-state index contributed by atoms with van der Waals surface area (Å²) in [6, 6.07) is 7.19. The zero-order chi connectivity index (χ0) is 16.3. The molecule has 0 fully saturated rings. The fourth-order valence-corrected chi connectivity index (χ4v) is 2.30. The SMILES string of the molecule is COc1ccc(-c2cc(C=O)c(=O)n(CC(C)C)n2)cc1C. The van der Waals surface area contributed by atoms with Crippen LogP contribution in [0.1, 0.15) is 29.8 Å². The summed E-state index contributed by atoms with van der Waals surface area (Å²) in [5, 5.41) is 4.39. The third-order valence-corrected chi connectivity index (χ3v) is 3.36. The molecule has 0 aliphatic rings. The van der Waals surface area contributed by atoms with Crippen LogP contribution in [0.2, 0.25) is 0 Å². The summed E-state index contributed by atoms with van der Waals surface area (Å²) in [6.45, 7) is 6.41. The Morgan fingerprint density at radius 3 is 2.59 bits per heavy atom. The molecule has 116 valence electrons. The quantitative estimate of drug-likeness (QED) is 0.797. The molecule has 22 heavy (non-hydrogen) atoms. The van der Waals surface area contributed by atoms with Crippen molar-refractivity contribution in [3.05, 3.63) is 45.7 Å². The minimum absolute atomic E-state index is 0.124. The predicted octanol–water partition coefficient (Wildman–Crippen LogP) is 2.70. The maximum absolute atomic E-state index is 12.1. The highest BCUT2D eigenvalue weighted by atomic mass is 16.5. The molecule has 0 saturated heterocycles. The summed E-state index contributed by atoms with van der Waals surface area (Å²) >= 11 is 0. The lowest BCUT2D eigenvalue weighted by Gasteiger charge is -2.12. The van der Waals surface area contributed by atoms with E-state index < -0.39 is 0 Å². The molecular formula is C17H20N2O3. The highest BCUT2D eigenvalue weighted by Crippen LogP contribution is 2.24. The number of aromatic nitrogens is 2. The number of aryl methyl sites for hydroxylation is 1. The van der Waals surface area contributed by atoms with Crippen molar-refractivity contribution in [2.24, 2.45) is 5.92 Å². The molecule has 0 bridgehead atoms. The van der Waals surface area contributed by atoms with Gasteiger partial charge in [-0.2, -0.15) is 5.10 Å². The molecule has 0 aliphatic carbocycles. The molecule has 1 heterocycles. The van der Waals surface area contributed by atoms with Crippen LogP contribution in [0.15, 0.2) is 29.1 Å². The number of hydrogen-bond acceptors (Lipinski definition) is 4. The van der Waals surface area contributed by atoms with E-state index in [2.05, 4.69) is 5.10 Å². The molecule has 0 saturated carbocycles. The van der Waals surface area contributed by atoms with Crippen molar-refractivity contribution < 1.29 is 9.53 Å². The molecule has 0 amide bonds. The third-order valence-electron chi connectivity index (χ3n) is 3.36. The fourth-order valence-electron chi connectivity index (χ4n) is 2.30. The Kier molecular flexibility index (Phi) is 4.75. The van der Waals surface area contributed by atoms with Crippen LogP contribution in [-0.2, 0) is 6.54 Å². The van der Waals surface area contributed by atoms with Crippen molar-refractivity contribution in [3.63, 3.8) is 0 Å². The van der Waals surface area contributed by atoms with Crippen LogP contribution in [0.4, 0.5) is 0 Å². The van der Waals surface area contributed by atoms with E-state index in [1.807, 2.05) is 39.0 Å². The molecule has 0 N–H and O–H groups in total. The van der Waals surface area contributed by atoms with Gasteiger partial charge in [0.1, 0.15) is 5.75 Å². The molecule has 0 aliphatic heterocycles. The average Bonchev–Trinajstić information content (AvgIpc) is 2.48. The van der Waals surface area contributed by atoms with Crippen LogP contribution < -0.4 is 10.3 Å². The monoisotopic (exact) mass is 300 g/mol. The van der Waals surface area contributed by atoms with Crippen molar-refractivity contribution in [1.29, 1.82) is 0 Å². The molecule has 2 aromatic rings. The largest absolute Gasteiger partial charge is 0.496 e. The zero-order valence-electron chi connectivity index (χ0n) is 13.3. The summed E-state index contributed by atoms with van der Waals surface area (Å²) in [6.07, 6.45) is 0.584. The number of carbonyl (C=O) groups is 1. The first kappa shape index (κ1) is 15.9. The summed E-state index contributed by atoms with van der Waals surface area (Å²) in [4.78, 5) is 23.3. The maximum atomic E-state index is 12.1. The standard InChI is InChI=1S/C17H20N2O3/c1-11(2)9-19-17(21)14(10-20)8-15(18-19)13-5-6-16(22-4)12(3)7-13/h5-8,10-11H,9H2,1-4H3. The van der Waals surface area contributed by atoms with Gasteiger partial charge in [0.05, 0.1) is 18.4 Å². The Balaban J connectivity index is 2.57. The Bertz CT molecular complexity index is 748. The number of hydrogen-bond donors (Lipinski definition) is 0. The van der Waals surface area contributed by atoms with Crippen LogP contribution in [0.3, 0.4) is 0 Å². The second kappa shape index (κ2) is 6.56. The maximum Gasteiger partial charge on any atom is 0.277 e. The molecular weight excluding hydrogens is 280 g/mol. The summed E-state index contributed by atoms with van der Waals surface area (Å²) in [5.74, 6) is 1.05. The second-order valence-electron chi connectivity index (χ2n) is 5.67. The van der Waals surface area contributed by atoms with Crippen LogP contribution >= 0.6 is 0 Å². The number of aldehydes is 1. The highest BCUT2D eigenvalue weighted by Gasteiger charge is 2.11. The summed E-state index contributed by atoms with van der Waals surface area (Å²) < 4.78 is 6.61. The smallest absolute Gasteiger partial charge is 0.277 e. The molecule has 0 radical (unpaired) electrons. The average molecular weight is 300 g/mol. The van der Waals surface area contributed by atoms with Gasteiger partial charge in [-0.3, -0.25) is 9.59 Å². The Labute approximate surface area is 129 Å². The number of carbonyl (C=O) groups excluding carboxylic acids is 1. The third kappa shape index (κ3) is 3.24. The van der Waals surface area contributed by atoms with Gasteiger partial charge in [-0.15, -0.1) is 0 Å². The zero-order valence-corrected chi connectivity index (χ0v) is 13.3. The van der Waals surface area contributed by atoms with Gasteiger partial charge >= 0.3 is 0 Å². The molecule has 0 unspecified atom stereocenters. The molecule has 5 heteroatoms.